The standard InChI is InChI=1S/C14H16Cl3N3O3/c1-7-2-4-20(5-3-7)8(21)6-23-14(22)12-9(15)11(18)10(16)13(17)19-12/h7H,2-6H2,1H3,(H2,18,19)/p+1. The van der Waals surface area contributed by atoms with Crippen LogP contribution in [0.25, 0.3) is 0 Å². The molecular weight excluding hydrogens is 365 g/mol. The Bertz CT molecular complexity index is 631. The Morgan fingerprint density at radius 2 is 1.87 bits per heavy atom. The molecule has 3 N–H and O–H groups in total. The number of esters is 1. The molecule has 0 radical (unpaired) electrons. The van der Waals surface area contributed by atoms with Crippen molar-refractivity contribution in [2.75, 3.05) is 25.4 Å². The van der Waals surface area contributed by atoms with Crippen LogP contribution in [0, 0.1) is 5.92 Å². The number of aromatic nitrogens is 1. The van der Waals surface area contributed by atoms with Crippen LogP contribution in [-0.2, 0) is 9.53 Å². The minimum atomic E-state index is -0.820. The van der Waals surface area contributed by atoms with Crippen LogP contribution in [-0.4, -0.2) is 36.5 Å². The number of piperidine rings is 1. The van der Waals surface area contributed by atoms with Gasteiger partial charge in [-0.1, -0.05) is 30.1 Å². The number of anilines is 1. The smallest absolute Gasteiger partial charge is 0.405 e. The van der Waals surface area contributed by atoms with Crippen LogP contribution in [0.5, 0.6) is 0 Å². The molecule has 0 bridgehead atoms. The van der Waals surface area contributed by atoms with Gasteiger partial charge in [-0.05, 0) is 30.4 Å². The molecular formula is C14H17Cl3N3O3+. The second kappa shape index (κ2) is 7.55. The predicted molar refractivity (Wildman–Crippen MR) is 87.7 cm³/mol. The molecule has 0 saturated carbocycles. The maximum Gasteiger partial charge on any atom is 0.405 e. The minimum absolute atomic E-state index is 0.0201. The van der Waals surface area contributed by atoms with Gasteiger partial charge < -0.3 is 15.4 Å². The Labute approximate surface area is 148 Å². The summed E-state index contributed by atoms with van der Waals surface area (Å²) < 4.78 is 5.00. The van der Waals surface area contributed by atoms with Crippen molar-refractivity contribution in [3.8, 4) is 0 Å². The van der Waals surface area contributed by atoms with E-state index in [9.17, 15) is 9.59 Å². The van der Waals surface area contributed by atoms with Gasteiger partial charge in [-0.3, -0.25) is 4.79 Å². The maximum absolute atomic E-state index is 12.1. The number of nitrogens with one attached hydrogen (secondary N) is 1. The number of nitrogens with zero attached hydrogens (tertiary/aromatic N) is 1. The average molecular weight is 382 g/mol. The number of carbonyl (C=O) groups is 2. The zero-order valence-corrected chi connectivity index (χ0v) is 14.8. The van der Waals surface area contributed by atoms with Gasteiger partial charge in [0.05, 0.1) is 5.69 Å². The van der Waals surface area contributed by atoms with E-state index in [4.69, 9.17) is 45.3 Å². The number of aromatic amines is 1. The molecule has 1 aromatic rings. The van der Waals surface area contributed by atoms with Crippen molar-refractivity contribution >= 4 is 52.4 Å². The molecule has 0 atom stereocenters. The Morgan fingerprint density at radius 3 is 2.48 bits per heavy atom. The summed E-state index contributed by atoms with van der Waals surface area (Å²) in [7, 11) is 0. The number of amides is 1. The van der Waals surface area contributed by atoms with Gasteiger partial charge in [-0.2, -0.15) is 4.98 Å². The quantitative estimate of drug-likeness (QED) is 0.643. The van der Waals surface area contributed by atoms with Gasteiger partial charge in [0.2, 0.25) is 0 Å². The number of hydrogen-bond acceptors (Lipinski definition) is 4. The summed E-state index contributed by atoms with van der Waals surface area (Å²) in [5.41, 5.74) is 5.49. The van der Waals surface area contributed by atoms with Crippen LogP contribution in [0.3, 0.4) is 0 Å². The molecule has 1 amide bonds. The third-order valence-corrected chi connectivity index (χ3v) is 4.95. The van der Waals surface area contributed by atoms with Gasteiger partial charge in [-0.25, -0.2) is 4.79 Å². The van der Waals surface area contributed by atoms with Gasteiger partial charge in [0, 0.05) is 13.1 Å². The van der Waals surface area contributed by atoms with Crippen molar-refractivity contribution < 1.29 is 19.3 Å². The molecule has 0 aliphatic carbocycles. The van der Waals surface area contributed by atoms with Gasteiger partial charge in [0.1, 0.15) is 10.0 Å². The lowest BCUT2D eigenvalue weighted by Gasteiger charge is -2.30. The van der Waals surface area contributed by atoms with E-state index in [1.165, 1.54) is 0 Å². The van der Waals surface area contributed by atoms with Crippen molar-refractivity contribution in [3.05, 3.63) is 20.9 Å². The fourth-order valence-corrected chi connectivity index (χ4v) is 2.86. The first-order valence-electron chi connectivity index (χ1n) is 7.11. The number of nitrogen functional groups attached to an aromatic ring is 1. The molecule has 0 unspecified atom stereocenters. The van der Waals surface area contributed by atoms with Crippen molar-refractivity contribution in [1.82, 2.24) is 4.90 Å². The fraction of sp³-hybridized carbons (Fsp3) is 0.500. The number of ether oxygens (including phenoxy) is 1. The van der Waals surface area contributed by atoms with Gasteiger partial charge in [0.15, 0.2) is 6.61 Å². The van der Waals surface area contributed by atoms with E-state index < -0.39 is 5.97 Å². The Morgan fingerprint density at radius 1 is 1.26 bits per heavy atom. The molecule has 126 valence electrons. The van der Waals surface area contributed by atoms with Crippen molar-refractivity contribution in [2.45, 2.75) is 19.8 Å². The molecule has 1 aromatic heterocycles. The fourth-order valence-electron chi connectivity index (χ4n) is 2.26. The Hall–Kier alpha value is -1.24. The van der Waals surface area contributed by atoms with Gasteiger partial charge in [-0.15, -0.1) is 0 Å². The first-order chi connectivity index (χ1) is 10.8. The van der Waals surface area contributed by atoms with Crippen LogP contribution >= 0.6 is 34.8 Å². The van der Waals surface area contributed by atoms with E-state index in [-0.39, 0.29) is 39.1 Å². The molecule has 1 aliphatic heterocycles. The van der Waals surface area contributed by atoms with E-state index >= 15 is 0 Å². The summed E-state index contributed by atoms with van der Waals surface area (Å²) in [6.45, 7) is 3.13. The first kappa shape index (κ1) is 18.1. The number of H-pyrrole nitrogens is 1. The van der Waals surface area contributed by atoms with E-state index in [2.05, 4.69) is 11.9 Å². The van der Waals surface area contributed by atoms with Crippen LogP contribution in [0.2, 0.25) is 15.2 Å². The number of pyridine rings is 1. The zero-order chi connectivity index (χ0) is 17.1. The highest BCUT2D eigenvalue weighted by Gasteiger charge is 2.28. The summed E-state index contributed by atoms with van der Waals surface area (Å²) in [5, 5.41) is -0.104. The van der Waals surface area contributed by atoms with Crippen LogP contribution < -0.4 is 10.7 Å². The van der Waals surface area contributed by atoms with Crippen molar-refractivity contribution in [3.63, 3.8) is 0 Å². The van der Waals surface area contributed by atoms with Crippen molar-refractivity contribution in [1.29, 1.82) is 0 Å². The predicted octanol–water partition coefficient (Wildman–Crippen LogP) is 2.46. The summed E-state index contributed by atoms with van der Waals surface area (Å²) >= 11 is 17.6. The largest absolute Gasteiger partial charge is 0.448 e. The average Bonchev–Trinajstić information content (AvgIpc) is 2.54. The second-order valence-corrected chi connectivity index (χ2v) is 6.63. The molecule has 0 spiro atoms. The highest BCUT2D eigenvalue weighted by Crippen LogP contribution is 2.32. The molecule has 9 heteroatoms. The topological polar surface area (TPSA) is 86.8 Å². The highest BCUT2D eigenvalue weighted by atomic mass is 35.5. The maximum atomic E-state index is 12.1. The SMILES string of the molecule is CC1CCN(C(=O)COC(=O)c2[nH+]c(Cl)c(Cl)c(N)c2Cl)CC1. The Balaban J connectivity index is 1.99. The normalized spacial score (nSPS) is 15.6. The van der Waals surface area contributed by atoms with Crippen LogP contribution in [0.4, 0.5) is 5.69 Å². The Kier molecular flexibility index (Phi) is 5.95. The lowest BCUT2D eigenvalue weighted by Crippen LogP contribution is -2.40. The van der Waals surface area contributed by atoms with Crippen LogP contribution in [0.15, 0.2) is 0 Å². The van der Waals surface area contributed by atoms with E-state index in [1.54, 1.807) is 4.90 Å². The first-order valence-corrected chi connectivity index (χ1v) is 8.24. The molecule has 1 saturated heterocycles. The molecule has 23 heavy (non-hydrogen) atoms. The van der Waals surface area contributed by atoms with E-state index in [1.807, 2.05) is 0 Å². The van der Waals surface area contributed by atoms with E-state index in [0.29, 0.717) is 19.0 Å². The summed E-state index contributed by atoms with van der Waals surface area (Å²) in [6, 6.07) is 0. The molecule has 2 rings (SSSR count). The minimum Gasteiger partial charge on any atom is -0.448 e. The number of nitrogens with two attached hydrogens (primary N) is 1. The number of rotatable bonds is 3. The summed E-state index contributed by atoms with van der Waals surface area (Å²) in [5.74, 6) is -0.456. The summed E-state index contributed by atoms with van der Waals surface area (Å²) in [4.78, 5) is 28.3. The monoisotopic (exact) mass is 380 g/mol. The van der Waals surface area contributed by atoms with Gasteiger partial charge in [0.25, 0.3) is 11.1 Å². The second-order valence-electron chi connectivity index (χ2n) is 5.50. The molecule has 6 nitrogen and oxygen atoms in total. The molecule has 1 fully saturated rings. The lowest BCUT2D eigenvalue weighted by molar-refractivity contribution is -0.380. The molecule has 0 aromatic carbocycles. The van der Waals surface area contributed by atoms with E-state index in [0.717, 1.165) is 12.8 Å². The number of halogens is 3. The van der Waals surface area contributed by atoms with Crippen LogP contribution in [0.1, 0.15) is 30.3 Å². The molecule has 2 heterocycles. The zero-order valence-electron chi connectivity index (χ0n) is 12.5. The summed E-state index contributed by atoms with van der Waals surface area (Å²) in [6.07, 6.45) is 1.89. The highest BCUT2D eigenvalue weighted by molar-refractivity contribution is 6.45. The van der Waals surface area contributed by atoms with Gasteiger partial charge >= 0.3 is 11.7 Å². The lowest BCUT2D eigenvalue weighted by atomic mass is 9.99. The number of likely N-dealkylation sites (tertiary alicyclic amines) is 1. The third kappa shape index (κ3) is 4.19. The number of carbonyl (C=O) groups excluding carboxylic acids is 2. The molecule has 1 aliphatic rings. The number of hydrogen-bond donors (Lipinski definition) is 1. The van der Waals surface area contributed by atoms with Crippen molar-refractivity contribution in [2.24, 2.45) is 5.92 Å². The third-order valence-electron chi connectivity index (χ3n) is 3.79.